The topological polar surface area (TPSA) is 26.3 Å². The summed E-state index contributed by atoms with van der Waals surface area (Å²) in [6, 6.07) is 0. The third-order valence-electron chi connectivity index (χ3n) is 2.44. The lowest BCUT2D eigenvalue weighted by Crippen LogP contribution is -2.36. The van der Waals surface area contributed by atoms with E-state index in [1.54, 1.807) is 6.92 Å². The van der Waals surface area contributed by atoms with Gasteiger partial charge in [0.25, 0.3) is 5.92 Å². The Morgan fingerprint density at radius 1 is 1.44 bits per heavy atom. The van der Waals surface area contributed by atoms with Crippen LogP contribution < -0.4 is 0 Å². The van der Waals surface area contributed by atoms with Gasteiger partial charge in [0.05, 0.1) is 12.0 Å². The van der Waals surface area contributed by atoms with Gasteiger partial charge in [-0.3, -0.25) is 0 Å². The first-order valence-corrected chi connectivity index (χ1v) is 5.06. The first-order valence-electron chi connectivity index (χ1n) is 5.06. The molecular weight excluding hydrogens is 214 g/mol. The zero-order chi connectivity index (χ0) is 13.0. The monoisotopic (exact) mass is 232 g/mol. The molecule has 0 aliphatic carbocycles. The van der Waals surface area contributed by atoms with Crippen LogP contribution in [0.2, 0.25) is 0 Å². The second-order valence-corrected chi connectivity index (χ2v) is 4.08. The summed E-state index contributed by atoms with van der Waals surface area (Å²) in [7, 11) is 0. The number of carbonyl (C=O) groups excluding carboxylic acids is 1. The second kappa shape index (κ2) is 5.23. The van der Waals surface area contributed by atoms with Gasteiger partial charge in [-0.2, -0.15) is 0 Å². The summed E-state index contributed by atoms with van der Waals surface area (Å²) < 4.78 is 32.3. The van der Waals surface area contributed by atoms with Crippen LogP contribution in [0, 0.1) is 5.41 Å². The summed E-state index contributed by atoms with van der Waals surface area (Å²) in [5.74, 6) is -3.87. The van der Waals surface area contributed by atoms with Gasteiger partial charge in [-0.05, 0) is 13.8 Å². The quantitative estimate of drug-likeness (QED) is 0.413. The molecule has 0 rings (SSSR count). The number of alkyl halides is 2. The van der Waals surface area contributed by atoms with Gasteiger partial charge in [0, 0.05) is 11.6 Å². The summed E-state index contributed by atoms with van der Waals surface area (Å²) >= 11 is 0. The Morgan fingerprint density at radius 3 is 2.31 bits per heavy atom. The first-order chi connectivity index (χ1) is 7.19. The molecule has 0 N–H and O–H groups in total. The maximum atomic E-state index is 13.8. The minimum absolute atomic E-state index is 0.166. The zero-order valence-corrected chi connectivity index (χ0v) is 10.1. The number of carbonyl (C=O) groups is 1. The van der Waals surface area contributed by atoms with Crippen LogP contribution in [-0.2, 0) is 9.53 Å². The summed E-state index contributed by atoms with van der Waals surface area (Å²) in [6.45, 7) is 9.09. The van der Waals surface area contributed by atoms with Crippen LogP contribution >= 0.6 is 0 Å². The van der Waals surface area contributed by atoms with Gasteiger partial charge >= 0.3 is 5.97 Å². The highest BCUT2D eigenvalue weighted by Crippen LogP contribution is 2.42. The Bertz CT molecular complexity index is 304. The van der Waals surface area contributed by atoms with E-state index in [1.165, 1.54) is 26.8 Å². The van der Waals surface area contributed by atoms with Crippen molar-refractivity contribution in [3.05, 3.63) is 24.3 Å². The molecule has 16 heavy (non-hydrogen) atoms. The molecule has 0 saturated carbocycles. The number of halogens is 2. The van der Waals surface area contributed by atoms with Gasteiger partial charge < -0.3 is 4.74 Å². The van der Waals surface area contributed by atoms with Crippen LogP contribution in [0.15, 0.2) is 24.3 Å². The van der Waals surface area contributed by atoms with E-state index in [-0.39, 0.29) is 12.2 Å². The maximum absolute atomic E-state index is 13.8. The van der Waals surface area contributed by atoms with E-state index >= 15 is 0 Å². The van der Waals surface area contributed by atoms with E-state index in [2.05, 4.69) is 11.3 Å². The molecule has 0 fully saturated rings. The fraction of sp³-hybridized carbons (Fsp3) is 0.583. The molecule has 0 radical (unpaired) electrons. The molecular formula is C12H18F2O2. The van der Waals surface area contributed by atoms with Crippen LogP contribution in [0.5, 0.6) is 0 Å². The predicted molar refractivity (Wildman–Crippen MR) is 59.3 cm³/mol. The van der Waals surface area contributed by atoms with E-state index in [4.69, 9.17) is 0 Å². The van der Waals surface area contributed by atoms with E-state index < -0.39 is 17.3 Å². The Balaban J connectivity index is 5.03. The second-order valence-electron chi connectivity index (χ2n) is 4.08. The molecule has 0 unspecified atom stereocenters. The van der Waals surface area contributed by atoms with E-state index in [0.717, 1.165) is 6.08 Å². The van der Waals surface area contributed by atoms with E-state index in [9.17, 15) is 13.6 Å². The fourth-order valence-corrected chi connectivity index (χ4v) is 1.09. The zero-order valence-electron chi connectivity index (χ0n) is 10.1. The van der Waals surface area contributed by atoms with Crippen molar-refractivity contribution in [2.75, 3.05) is 6.61 Å². The molecule has 4 heteroatoms. The smallest absolute Gasteiger partial charge is 0.330 e. The van der Waals surface area contributed by atoms with Gasteiger partial charge in [0.15, 0.2) is 0 Å². The number of hydrogen-bond acceptors (Lipinski definition) is 2. The van der Waals surface area contributed by atoms with Crippen LogP contribution in [0.25, 0.3) is 0 Å². The molecule has 0 heterocycles. The number of rotatable bonds is 5. The first kappa shape index (κ1) is 14.8. The van der Waals surface area contributed by atoms with E-state index in [1.807, 2.05) is 0 Å². The molecule has 0 aromatic heterocycles. The average molecular weight is 232 g/mol. The van der Waals surface area contributed by atoms with Crippen molar-refractivity contribution >= 4 is 5.97 Å². The highest BCUT2D eigenvalue weighted by Gasteiger charge is 2.46. The average Bonchev–Trinajstić information content (AvgIpc) is 2.17. The Hall–Kier alpha value is -1.19. The molecule has 2 nitrogen and oxygen atoms in total. The summed E-state index contributed by atoms with van der Waals surface area (Å²) in [6.07, 6.45) is 2.00. The van der Waals surface area contributed by atoms with Crippen molar-refractivity contribution in [3.8, 4) is 0 Å². The van der Waals surface area contributed by atoms with Crippen LogP contribution in [0.1, 0.15) is 27.7 Å². The Morgan fingerprint density at radius 2 is 1.94 bits per heavy atom. The van der Waals surface area contributed by atoms with Gasteiger partial charge in [-0.15, -0.1) is 6.58 Å². The van der Waals surface area contributed by atoms with Gasteiger partial charge in [0.2, 0.25) is 0 Å². The molecule has 0 aliphatic rings. The standard InChI is InChI=1S/C12H18F2O2/c1-6-11(4,5)12(13,14)9(3)8-10(15)16-7-2/h6,8H,1,7H2,2-5H3/b9-8+. The van der Waals surface area contributed by atoms with Crippen molar-refractivity contribution < 1.29 is 18.3 Å². The van der Waals surface area contributed by atoms with Gasteiger partial charge in [-0.25, -0.2) is 13.6 Å². The maximum Gasteiger partial charge on any atom is 0.330 e. The van der Waals surface area contributed by atoms with Crippen molar-refractivity contribution in [1.82, 2.24) is 0 Å². The van der Waals surface area contributed by atoms with Crippen molar-refractivity contribution in [1.29, 1.82) is 0 Å². The highest BCUT2D eigenvalue weighted by atomic mass is 19.3. The van der Waals surface area contributed by atoms with Crippen LogP contribution in [-0.4, -0.2) is 18.5 Å². The van der Waals surface area contributed by atoms with E-state index in [0.29, 0.717) is 0 Å². The minimum Gasteiger partial charge on any atom is -0.463 e. The van der Waals surface area contributed by atoms with Crippen LogP contribution in [0.4, 0.5) is 8.78 Å². The third kappa shape index (κ3) is 3.15. The predicted octanol–water partition coefficient (Wildman–Crippen LogP) is 3.34. The lowest BCUT2D eigenvalue weighted by atomic mass is 9.82. The Labute approximate surface area is 95.0 Å². The normalized spacial score (nSPS) is 13.5. The molecule has 0 aliphatic heterocycles. The number of allylic oxidation sites excluding steroid dienone is 2. The molecule has 0 aromatic carbocycles. The molecule has 0 amide bonds. The fourth-order valence-electron chi connectivity index (χ4n) is 1.09. The molecule has 0 spiro atoms. The lowest BCUT2D eigenvalue weighted by Gasteiger charge is -2.31. The molecule has 0 aromatic rings. The number of hydrogen-bond donors (Lipinski definition) is 0. The largest absolute Gasteiger partial charge is 0.463 e. The summed E-state index contributed by atoms with van der Waals surface area (Å²) in [5, 5.41) is 0. The molecule has 0 bridgehead atoms. The Kier molecular flexibility index (Phi) is 4.84. The molecule has 0 atom stereocenters. The van der Waals surface area contributed by atoms with Crippen molar-refractivity contribution in [3.63, 3.8) is 0 Å². The molecule has 92 valence electrons. The number of esters is 1. The summed E-state index contributed by atoms with van der Waals surface area (Å²) in [4.78, 5) is 11.1. The van der Waals surface area contributed by atoms with Crippen LogP contribution in [0.3, 0.4) is 0 Å². The number of ether oxygens (including phenoxy) is 1. The van der Waals surface area contributed by atoms with Crippen molar-refractivity contribution in [2.24, 2.45) is 5.41 Å². The SMILES string of the molecule is C=CC(C)(C)C(F)(F)/C(C)=C/C(=O)OCC. The van der Waals surface area contributed by atoms with Gasteiger partial charge in [0.1, 0.15) is 0 Å². The van der Waals surface area contributed by atoms with Gasteiger partial charge in [-0.1, -0.05) is 19.9 Å². The van der Waals surface area contributed by atoms with Crippen molar-refractivity contribution in [2.45, 2.75) is 33.6 Å². The lowest BCUT2D eigenvalue weighted by molar-refractivity contribution is -0.137. The minimum atomic E-state index is -3.12. The highest BCUT2D eigenvalue weighted by molar-refractivity contribution is 5.83. The summed E-state index contributed by atoms with van der Waals surface area (Å²) in [5.41, 5.74) is -1.73. The third-order valence-corrected chi connectivity index (χ3v) is 2.44. The molecule has 0 saturated heterocycles.